The van der Waals surface area contributed by atoms with Gasteiger partial charge in [0, 0.05) is 30.0 Å². The standard InChI is InChI=1S/C21H23N3O4S/c1-4-15-7-5-6-14(2)19(15)22-18(25)12-13-29-20-21(26)28-23-24(20)16-8-10-17(27-3)11-9-16/h5-11H,4,12-13H2,1-3H3,(H-,22,23,25,26)/p+1. The smallest absolute Gasteiger partial charge is 0.442 e. The molecular weight excluding hydrogens is 390 g/mol. The van der Waals surface area contributed by atoms with Crippen LogP contribution >= 0.6 is 11.8 Å². The van der Waals surface area contributed by atoms with Crippen molar-refractivity contribution in [1.82, 2.24) is 5.27 Å². The molecule has 1 heterocycles. The number of nitrogens with zero attached hydrogens (tertiary/aromatic N) is 1. The third-order valence-electron chi connectivity index (χ3n) is 4.51. The number of aromatic nitrogens is 2. The lowest BCUT2D eigenvalue weighted by molar-refractivity contribution is -0.704. The van der Waals surface area contributed by atoms with Gasteiger partial charge in [0.2, 0.25) is 11.6 Å². The van der Waals surface area contributed by atoms with Crippen LogP contribution in [0.4, 0.5) is 5.69 Å². The van der Waals surface area contributed by atoms with Gasteiger partial charge in [0.25, 0.3) is 0 Å². The Balaban J connectivity index is 1.64. The first kappa shape index (κ1) is 20.7. The largest absolute Gasteiger partial charge is 0.497 e. The van der Waals surface area contributed by atoms with E-state index in [0.29, 0.717) is 16.5 Å². The van der Waals surface area contributed by atoms with Gasteiger partial charge in [-0.15, -0.1) is 0 Å². The molecule has 2 aromatic carbocycles. The van der Waals surface area contributed by atoms with Crippen molar-refractivity contribution < 1.29 is 18.7 Å². The molecule has 0 fully saturated rings. The highest BCUT2D eigenvalue weighted by molar-refractivity contribution is 7.99. The van der Waals surface area contributed by atoms with E-state index in [2.05, 4.69) is 17.5 Å². The maximum atomic E-state index is 12.4. The Kier molecular flexibility index (Phi) is 6.77. The van der Waals surface area contributed by atoms with Gasteiger partial charge in [-0.25, -0.2) is 4.79 Å². The number of hydrogen-bond acceptors (Lipinski definition) is 5. The number of hydrogen-bond donors (Lipinski definition) is 2. The number of ether oxygens (including phenoxy) is 1. The first-order valence-corrected chi connectivity index (χ1v) is 10.3. The number of H-pyrrole nitrogens is 1. The molecule has 0 saturated carbocycles. The summed E-state index contributed by atoms with van der Waals surface area (Å²) in [5.74, 6) is 1.07. The van der Waals surface area contributed by atoms with Crippen molar-refractivity contribution in [3.8, 4) is 11.4 Å². The molecule has 1 aromatic heterocycles. The Morgan fingerprint density at radius 1 is 1.24 bits per heavy atom. The van der Waals surface area contributed by atoms with Crippen LogP contribution < -0.4 is 20.4 Å². The van der Waals surface area contributed by atoms with Gasteiger partial charge in [0.15, 0.2) is 0 Å². The van der Waals surface area contributed by atoms with E-state index < -0.39 is 5.63 Å². The van der Waals surface area contributed by atoms with Gasteiger partial charge in [-0.3, -0.25) is 9.32 Å². The number of methoxy groups -OCH3 is 1. The summed E-state index contributed by atoms with van der Waals surface area (Å²) in [6, 6.07) is 13.2. The van der Waals surface area contributed by atoms with E-state index in [4.69, 9.17) is 9.26 Å². The highest BCUT2D eigenvalue weighted by atomic mass is 32.2. The lowest BCUT2D eigenvalue weighted by Crippen LogP contribution is -2.36. The summed E-state index contributed by atoms with van der Waals surface area (Å²) in [5, 5.41) is 5.98. The molecule has 152 valence electrons. The highest BCUT2D eigenvalue weighted by Crippen LogP contribution is 2.22. The van der Waals surface area contributed by atoms with Crippen LogP contribution in [0.5, 0.6) is 5.75 Å². The molecule has 0 aliphatic heterocycles. The first-order chi connectivity index (χ1) is 14.0. The monoisotopic (exact) mass is 414 g/mol. The number of benzene rings is 2. The van der Waals surface area contributed by atoms with E-state index in [1.54, 1.807) is 23.9 Å². The molecule has 8 heteroatoms. The molecule has 7 nitrogen and oxygen atoms in total. The predicted octanol–water partition coefficient (Wildman–Crippen LogP) is 3.24. The second kappa shape index (κ2) is 9.47. The second-order valence-electron chi connectivity index (χ2n) is 6.43. The Hall–Kier alpha value is -3.00. The van der Waals surface area contributed by atoms with Crippen molar-refractivity contribution in [2.75, 3.05) is 18.2 Å². The minimum absolute atomic E-state index is 0.0857. The van der Waals surface area contributed by atoms with E-state index in [-0.39, 0.29) is 12.3 Å². The summed E-state index contributed by atoms with van der Waals surface area (Å²) in [6.45, 7) is 4.04. The Morgan fingerprint density at radius 2 is 2.00 bits per heavy atom. The molecule has 2 N–H and O–H groups in total. The number of amides is 1. The minimum atomic E-state index is -0.474. The molecule has 0 aliphatic carbocycles. The van der Waals surface area contributed by atoms with Crippen molar-refractivity contribution in [1.29, 1.82) is 0 Å². The van der Waals surface area contributed by atoms with Crippen molar-refractivity contribution in [3.05, 3.63) is 64.0 Å². The summed E-state index contributed by atoms with van der Waals surface area (Å²) in [4.78, 5) is 24.5. The van der Waals surface area contributed by atoms with Crippen molar-refractivity contribution in [2.45, 2.75) is 31.7 Å². The van der Waals surface area contributed by atoms with Crippen LogP contribution in [0.3, 0.4) is 0 Å². The number of rotatable bonds is 8. The summed E-state index contributed by atoms with van der Waals surface area (Å²) >= 11 is 1.27. The molecule has 0 aliphatic rings. The molecule has 29 heavy (non-hydrogen) atoms. The van der Waals surface area contributed by atoms with Crippen molar-refractivity contribution in [3.63, 3.8) is 0 Å². The normalized spacial score (nSPS) is 10.7. The van der Waals surface area contributed by atoms with Crippen LogP contribution in [-0.2, 0) is 11.2 Å². The zero-order valence-corrected chi connectivity index (χ0v) is 17.5. The number of aryl methyl sites for hydroxylation is 2. The molecule has 0 spiro atoms. The molecule has 0 radical (unpaired) electrons. The molecule has 0 bridgehead atoms. The van der Waals surface area contributed by atoms with Crippen molar-refractivity contribution in [2.24, 2.45) is 0 Å². The fourth-order valence-corrected chi connectivity index (χ4v) is 3.84. The number of aromatic amines is 1. The molecule has 3 aromatic rings. The van der Waals surface area contributed by atoms with Gasteiger partial charge in [0.1, 0.15) is 5.75 Å². The molecule has 1 amide bonds. The Labute approximate surface area is 173 Å². The SMILES string of the molecule is CCc1cccc(C)c1NC(=O)CCSc1c(=O)o[nH][n+]1-c1ccc(OC)cc1. The summed E-state index contributed by atoms with van der Waals surface area (Å²) in [6.07, 6.45) is 1.12. The second-order valence-corrected chi connectivity index (χ2v) is 7.51. The molecule has 0 saturated heterocycles. The summed E-state index contributed by atoms with van der Waals surface area (Å²) in [7, 11) is 1.59. The van der Waals surface area contributed by atoms with Crippen LogP contribution in [0.25, 0.3) is 5.69 Å². The third kappa shape index (κ3) is 4.89. The average molecular weight is 415 g/mol. The topological polar surface area (TPSA) is 88.2 Å². The zero-order chi connectivity index (χ0) is 20.8. The fraction of sp³-hybridized carbons (Fsp3) is 0.286. The maximum Gasteiger partial charge on any atom is 0.442 e. The third-order valence-corrected chi connectivity index (χ3v) is 5.54. The lowest BCUT2D eigenvalue weighted by atomic mass is 10.1. The van der Waals surface area contributed by atoms with Gasteiger partial charge in [-0.1, -0.05) is 25.1 Å². The number of para-hydroxylation sites is 1. The van der Waals surface area contributed by atoms with E-state index in [1.807, 2.05) is 37.3 Å². The van der Waals surface area contributed by atoms with E-state index in [9.17, 15) is 9.59 Å². The number of thioether (sulfide) groups is 1. The van der Waals surface area contributed by atoms with Crippen LogP contribution in [0.15, 0.2) is 56.8 Å². The van der Waals surface area contributed by atoms with Crippen LogP contribution in [0.2, 0.25) is 0 Å². The molecule has 0 atom stereocenters. The molecular formula is C21H24N3O4S+. The zero-order valence-electron chi connectivity index (χ0n) is 16.7. The highest BCUT2D eigenvalue weighted by Gasteiger charge is 2.24. The number of carbonyl (C=O) groups is 1. The Morgan fingerprint density at radius 3 is 2.69 bits per heavy atom. The average Bonchev–Trinajstić information content (AvgIpc) is 3.10. The lowest BCUT2D eigenvalue weighted by Gasteiger charge is -2.12. The molecule has 3 rings (SSSR count). The quantitative estimate of drug-likeness (QED) is 0.436. The van der Waals surface area contributed by atoms with E-state index in [1.165, 1.54) is 11.8 Å². The fourth-order valence-electron chi connectivity index (χ4n) is 2.93. The van der Waals surface area contributed by atoms with Crippen molar-refractivity contribution >= 4 is 23.4 Å². The van der Waals surface area contributed by atoms with Gasteiger partial charge >= 0.3 is 10.7 Å². The van der Waals surface area contributed by atoms with Crippen LogP contribution in [0.1, 0.15) is 24.5 Å². The number of carbonyl (C=O) groups excluding carboxylic acids is 1. The first-order valence-electron chi connectivity index (χ1n) is 9.32. The van der Waals surface area contributed by atoms with Gasteiger partial charge < -0.3 is 10.1 Å². The summed E-state index contributed by atoms with van der Waals surface area (Å²) < 4.78 is 11.6. The minimum Gasteiger partial charge on any atom is -0.497 e. The van der Waals surface area contributed by atoms with Gasteiger partial charge in [-0.2, -0.15) is 0 Å². The van der Waals surface area contributed by atoms with Crippen LogP contribution in [0, 0.1) is 6.92 Å². The maximum absolute atomic E-state index is 12.4. The number of anilines is 1. The van der Waals surface area contributed by atoms with Gasteiger partial charge in [-0.05, 0) is 58.3 Å². The summed E-state index contributed by atoms with van der Waals surface area (Å²) in [5.41, 5.74) is 3.28. The van der Waals surface area contributed by atoms with E-state index in [0.717, 1.165) is 28.9 Å². The Bertz CT molecular complexity index is 1040. The van der Waals surface area contributed by atoms with Gasteiger partial charge in [0.05, 0.1) is 7.11 Å². The number of nitrogens with one attached hydrogen (secondary N) is 2. The van der Waals surface area contributed by atoms with Crippen LogP contribution in [-0.4, -0.2) is 24.0 Å². The predicted molar refractivity (Wildman–Crippen MR) is 112 cm³/mol. The van der Waals surface area contributed by atoms with E-state index >= 15 is 0 Å². The molecule has 0 unspecified atom stereocenters.